The molecule has 0 aliphatic rings. The van der Waals surface area contributed by atoms with Crippen molar-refractivity contribution in [3.63, 3.8) is 0 Å². The highest BCUT2D eigenvalue weighted by molar-refractivity contribution is 7.15. The van der Waals surface area contributed by atoms with Crippen LogP contribution >= 0.6 is 34.5 Å². The molecule has 2 aromatic heterocycles. The maximum atomic E-state index is 13.0. The summed E-state index contributed by atoms with van der Waals surface area (Å²) in [5.41, 5.74) is 0.580. The van der Waals surface area contributed by atoms with E-state index < -0.39 is 5.56 Å². The van der Waals surface area contributed by atoms with Crippen LogP contribution in [0.4, 0.5) is 4.39 Å². The third-order valence-electron chi connectivity index (χ3n) is 3.98. The number of aromatic nitrogens is 3. The van der Waals surface area contributed by atoms with E-state index in [1.165, 1.54) is 12.1 Å². The Kier molecular flexibility index (Phi) is 4.97. The summed E-state index contributed by atoms with van der Waals surface area (Å²) in [6.07, 6.45) is 1.78. The van der Waals surface area contributed by atoms with Crippen LogP contribution in [0, 0.1) is 5.82 Å². The third-order valence-corrected chi connectivity index (χ3v) is 5.67. The van der Waals surface area contributed by atoms with Crippen LogP contribution in [0.3, 0.4) is 0 Å². The molecule has 0 aliphatic carbocycles. The maximum Gasteiger partial charge on any atom is 0.296 e. The van der Waals surface area contributed by atoms with Gasteiger partial charge in [0.2, 0.25) is 4.96 Å². The first-order valence-electron chi connectivity index (χ1n) is 8.05. The summed E-state index contributed by atoms with van der Waals surface area (Å²) < 4.78 is 14.5. The van der Waals surface area contributed by atoms with Crippen LogP contribution in [0.1, 0.15) is 16.8 Å². The molecule has 2 heterocycles. The molecule has 0 radical (unpaired) electrons. The predicted molar refractivity (Wildman–Crippen MR) is 108 cm³/mol. The summed E-state index contributed by atoms with van der Waals surface area (Å²) in [7, 11) is 0. The number of hydrogen-bond acceptors (Lipinski definition) is 5. The van der Waals surface area contributed by atoms with E-state index in [0.717, 1.165) is 15.9 Å². The SMILES string of the molecule is O=c1nc2s/c(=C/c3ccc(Cl)c(Cl)c3)c(=O)n2nc1Cc1ccc(F)cc1. The lowest BCUT2D eigenvalue weighted by Crippen LogP contribution is -2.28. The van der Waals surface area contributed by atoms with E-state index in [2.05, 4.69) is 10.1 Å². The molecular weight excluding hydrogens is 424 g/mol. The predicted octanol–water partition coefficient (Wildman–Crippen LogP) is 3.10. The fourth-order valence-electron chi connectivity index (χ4n) is 2.60. The van der Waals surface area contributed by atoms with Gasteiger partial charge in [0.05, 0.1) is 14.6 Å². The number of benzene rings is 2. The van der Waals surface area contributed by atoms with E-state index in [0.29, 0.717) is 25.7 Å². The number of halogens is 3. The van der Waals surface area contributed by atoms with Gasteiger partial charge in [-0.2, -0.15) is 14.6 Å². The maximum absolute atomic E-state index is 13.0. The molecule has 0 bridgehead atoms. The first kappa shape index (κ1) is 18.7. The van der Waals surface area contributed by atoms with Crippen LogP contribution in [0.15, 0.2) is 52.1 Å². The number of thiazole rings is 1. The van der Waals surface area contributed by atoms with Gasteiger partial charge in [-0.25, -0.2) is 4.39 Å². The molecule has 0 fully saturated rings. The molecule has 9 heteroatoms. The summed E-state index contributed by atoms with van der Waals surface area (Å²) in [5.74, 6) is -0.371. The fraction of sp³-hybridized carbons (Fsp3) is 0.0526. The summed E-state index contributed by atoms with van der Waals surface area (Å²) >= 11 is 13.0. The quantitative estimate of drug-likeness (QED) is 0.497. The normalized spacial score (nSPS) is 12.0. The van der Waals surface area contributed by atoms with Crippen molar-refractivity contribution in [1.29, 1.82) is 0 Å². The van der Waals surface area contributed by atoms with Crippen molar-refractivity contribution in [2.75, 3.05) is 0 Å². The van der Waals surface area contributed by atoms with Crippen molar-refractivity contribution in [1.82, 2.24) is 14.6 Å². The summed E-state index contributed by atoms with van der Waals surface area (Å²) in [4.78, 5) is 29.1. The standard InChI is InChI=1S/C19H10Cl2FN3O2S/c20-13-6-3-11(7-14(13)21)9-16-18(27)25-19(28-16)23-17(26)15(24-25)8-10-1-4-12(22)5-2-10/h1-7,9H,8H2/b16-9+. The average molecular weight is 434 g/mol. The molecular formula is C19H10Cl2FN3O2S. The zero-order chi connectivity index (χ0) is 19.8. The molecule has 0 aliphatic heterocycles. The molecule has 4 rings (SSSR count). The van der Waals surface area contributed by atoms with E-state index in [-0.39, 0.29) is 28.5 Å². The lowest BCUT2D eigenvalue weighted by atomic mass is 10.1. The Bertz CT molecular complexity index is 1370. The van der Waals surface area contributed by atoms with Gasteiger partial charge in [0, 0.05) is 6.42 Å². The second kappa shape index (κ2) is 7.43. The molecule has 5 nitrogen and oxygen atoms in total. The number of hydrogen-bond donors (Lipinski definition) is 0. The summed E-state index contributed by atoms with van der Waals surface area (Å²) in [6, 6.07) is 10.7. The summed E-state index contributed by atoms with van der Waals surface area (Å²) in [5, 5.41) is 4.95. The average Bonchev–Trinajstić information content (AvgIpc) is 2.95. The molecule has 0 N–H and O–H groups in total. The first-order valence-corrected chi connectivity index (χ1v) is 9.62. The van der Waals surface area contributed by atoms with Gasteiger partial charge in [0.1, 0.15) is 11.5 Å². The molecule has 0 saturated carbocycles. The van der Waals surface area contributed by atoms with Crippen molar-refractivity contribution in [2.24, 2.45) is 0 Å². The molecule has 0 amide bonds. The molecule has 4 aromatic rings. The molecule has 2 aromatic carbocycles. The smallest absolute Gasteiger partial charge is 0.266 e. The fourth-order valence-corrected chi connectivity index (χ4v) is 3.81. The van der Waals surface area contributed by atoms with Gasteiger partial charge >= 0.3 is 0 Å². The molecule has 28 heavy (non-hydrogen) atoms. The zero-order valence-electron chi connectivity index (χ0n) is 14.0. The van der Waals surface area contributed by atoms with Gasteiger partial charge in [0.25, 0.3) is 11.1 Å². The lowest BCUT2D eigenvalue weighted by Gasteiger charge is -2.00. The Morgan fingerprint density at radius 2 is 1.82 bits per heavy atom. The highest BCUT2D eigenvalue weighted by Gasteiger charge is 2.12. The number of fused-ring (bicyclic) bond motifs is 1. The Labute approximate surface area is 171 Å². The Hall–Kier alpha value is -2.61. The van der Waals surface area contributed by atoms with Crippen molar-refractivity contribution in [2.45, 2.75) is 6.42 Å². The van der Waals surface area contributed by atoms with Crippen LogP contribution in [-0.4, -0.2) is 14.6 Å². The van der Waals surface area contributed by atoms with E-state index in [1.807, 2.05) is 0 Å². The van der Waals surface area contributed by atoms with Crippen LogP contribution < -0.4 is 15.7 Å². The van der Waals surface area contributed by atoms with Crippen LogP contribution in [0.25, 0.3) is 11.0 Å². The monoisotopic (exact) mass is 433 g/mol. The lowest BCUT2D eigenvalue weighted by molar-refractivity contribution is 0.627. The van der Waals surface area contributed by atoms with Gasteiger partial charge in [-0.3, -0.25) is 9.59 Å². The highest BCUT2D eigenvalue weighted by atomic mass is 35.5. The molecule has 0 spiro atoms. The van der Waals surface area contributed by atoms with E-state index >= 15 is 0 Å². The van der Waals surface area contributed by atoms with Gasteiger partial charge < -0.3 is 0 Å². The number of nitrogens with zero attached hydrogens (tertiary/aromatic N) is 3. The molecule has 0 atom stereocenters. The van der Waals surface area contributed by atoms with Crippen molar-refractivity contribution in [3.8, 4) is 0 Å². The summed E-state index contributed by atoms with van der Waals surface area (Å²) in [6.45, 7) is 0. The Morgan fingerprint density at radius 1 is 1.07 bits per heavy atom. The molecule has 140 valence electrons. The second-order valence-corrected chi connectivity index (χ2v) is 7.77. The highest BCUT2D eigenvalue weighted by Crippen LogP contribution is 2.22. The zero-order valence-corrected chi connectivity index (χ0v) is 16.4. The minimum atomic E-state index is -0.522. The van der Waals surface area contributed by atoms with Gasteiger partial charge in [-0.05, 0) is 41.5 Å². The first-order chi connectivity index (χ1) is 13.4. The van der Waals surface area contributed by atoms with Crippen molar-refractivity contribution >= 4 is 45.6 Å². The van der Waals surface area contributed by atoms with Gasteiger partial charge in [-0.1, -0.05) is 52.7 Å². The van der Waals surface area contributed by atoms with E-state index in [1.54, 1.807) is 36.4 Å². The number of rotatable bonds is 3. The molecule has 0 unspecified atom stereocenters. The van der Waals surface area contributed by atoms with Crippen molar-refractivity contribution < 1.29 is 4.39 Å². The van der Waals surface area contributed by atoms with Gasteiger partial charge in [-0.15, -0.1) is 0 Å². The topological polar surface area (TPSA) is 64.3 Å². The van der Waals surface area contributed by atoms with E-state index in [4.69, 9.17) is 23.2 Å². The van der Waals surface area contributed by atoms with E-state index in [9.17, 15) is 14.0 Å². The second-order valence-electron chi connectivity index (χ2n) is 5.95. The Balaban J connectivity index is 1.79. The van der Waals surface area contributed by atoms with Crippen LogP contribution in [-0.2, 0) is 6.42 Å². The largest absolute Gasteiger partial charge is 0.296 e. The van der Waals surface area contributed by atoms with Crippen molar-refractivity contribution in [3.05, 3.63) is 100 Å². The Morgan fingerprint density at radius 3 is 2.54 bits per heavy atom. The minimum Gasteiger partial charge on any atom is -0.266 e. The van der Waals surface area contributed by atoms with Crippen LogP contribution in [0.5, 0.6) is 0 Å². The van der Waals surface area contributed by atoms with Crippen LogP contribution in [0.2, 0.25) is 10.0 Å². The minimum absolute atomic E-state index is 0.111. The molecule has 0 saturated heterocycles. The van der Waals surface area contributed by atoms with Gasteiger partial charge in [0.15, 0.2) is 0 Å². The third kappa shape index (κ3) is 3.69.